The Labute approximate surface area is 188 Å². The molecule has 6 nitrogen and oxygen atoms in total. The minimum atomic E-state index is -1.58. The van der Waals surface area contributed by atoms with Gasteiger partial charge in [-0.25, -0.2) is 14.3 Å². The van der Waals surface area contributed by atoms with Crippen LogP contribution < -0.4 is 14.9 Å². The zero-order valence-electron chi connectivity index (χ0n) is 17.3. The van der Waals surface area contributed by atoms with Crippen molar-refractivity contribution in [3.05, 3.63) is 60.3 Å². The van der Waals surface area contributed by atoms with Gasteiger partial charge in [-0.3, -0.25) is 9.69 Å². The summed E-state index contributed by atoms with van der Waals surface area (Å²) in [4.78, 5) is 21.9. The predicted molar refractivity (Wildman–Crippen MR) is 126 cm³/mol. The van der Waals surface area contributed by atoms with Gasteiger partial charge in [0.1, 0.15) is 15.2 Å². The molecule has 31 heavy (non-hydrogen) atoms. The van der Waals surface area contributed by atoms with Crippen molar-refractivity contribution in [1.82, 2.24) is 4.98 Å². The van der Waals surface area contributed by atoms with Crippen LogP contribution in [0.4, 0.5) is 10.8 Å². The second-order valence-corrected chi connectivity index (χ2v) is 10.5. The summed E-state index contributed by atoms with van der Waals surface area (Å²) in [6.07, 6.45) is 1.83. The van der Waals surface area contributed by atoms with Crippen molar-refractivity contribution in [2.24, 2.45) is 10.6 Å². The monoisotopic (exact) mass is 452 g/mol. The van der Waals surface area contributed by atoms with Gasteiger partial charge in [-0.1, -0.05) is 53.8 Å². The van der Waals surface area contributed by atoms with Gasteiger partial charge in [0.05, 0.1) is 11.1 Å². The summed E-state index contributed by atoms with van der Waals surface area (Å²) in [5, 5.41) is 6.16. The highest BCUT2D eigenvalue weighted by Crippen LogP contribution is 2.44. The standard InChI is InChI=1S/C23H24N4O2S2/c1-16-20(31(24)29)30-22(25-16)27-13-5-12-23(21(27)28)14-26(15-23)19-10-8-18(9-11-19)17-6-3-2-4-7-17/h2-4,6-11H,5,12-15,24H2,1H3. The Bertz CT molecular complexity index is 1140. The third-order valence-electron chi connectivity index (χ3n) is 6.22. The Morgan fingerprint density at radius 3 is 2.39 bits per heavy atom. The van der Waals surface area contributed by atoms with E-state index in [1.165, 1.54) is 22.5 Å². The third-order valence-corrected chi connectivity index (χ3v) is 8.60. The van der Waals surface area contributed by atoms with E-state index in [1.54, 1.807) is 11.8 Å². The van der Waals surface area contributed by atoms with E-state index in [2.05, 4.69) is 46.3 Å². The number of carbonyl (C=O) groups is 1. The van der Waals surface area contributed by atoms with Crippen LogP contribution >= 0.6 is 11.3 Å². The summed E-state index contributed by atoms with van der Waals surface area (Å²) in [7, 11) is -1.58. The summed E-state index contributed by atoms with van der Waals surface area (Å²) < 4.78 is 12.2. The molecule has 160 valence electrons. The lowest BCUT2D eigenvalue weighted by Crippen LogP contribution is -2.66. The number of benzene rings is 2. The second kappa shape index (κ2) is 7.85. The fourth-order valence-corrected chi connectivity index (χ4v) is 6.29. The smallest absolute Gasteiger partial charge is 0.238 e. The first-order valence-corrected chi connectivity index (χ1v) is 12.4. The normalized spacial score (nSPS) is 18.8. The fourth-order valence-electron chi connectivity index (χ4n) is 4.58. The minimum Gasteiger partial charge on any atom is -0.369 e. The number of aryl methyl sites for hydroxylation is 1. The molecule has 2 saturated heterocycles. The van der Waals surface area contributed by atoms with Gasteiger partial charge in [-0.05, 0) is 43.0 Å². The number of anilines is 2. The molecular weight excluding hydrogens is 428 g/mol. The van der Waals surface area contributed by atoms with Crippen LogP contribution in [0.1, 0.15) is 18.5 Å². The lowest BCUT2D eigenvalue weighted by molar-refractivity contribution is -0.132. The molecule has 5 rings (SSSR count). The number of piperidine rings is 1. The van der Waals surface area contributed by atoms with Crippen LogP contribution in [0.2, 0.25) is 0 Å². The number of rotatable bonds is 4. The number of carbonyl (C=O) groups excluding carboxylic acids is 1. The Balaban J connectivity index is 1.31. The van der Waals surface area contributed by atoms with Crippen molar-refractivity contribution in [3.63, 3.8) is 0 Å². The van der Waals surface area contributed by atoms with Crippen LogP contribution in [-0.4, -0.2) is 34.7 Å². The van der Waals surface area contributed by atoms with Crippen LogP contribution in [0, 0.1) is 12.3 Å². The van der Waals surface area contributed by atoms with Crippen molar-refractivity contribution in [2.45, 2.75) is 24.0 Å². The van der Waals surface area contributed by atoms with E-state index in [0.717, 1.165) is 18.5 Å². The molecule has 0 radical (unpaired) electrons. The molecule has 2 N–H and O–H groups in total. The lowest BCUT2D eigenvalue weighted by atomic mass is 9.72. The van der Waals surface area contributed by atoms with Crippen molar-refractivity contribution in [2.75, 3.05) is 29.4 Å². The number of amides is 1. The van der Waals surface area contributed by atoms with Gasteiger partial charge in [0.15, 0.2) is 5.13 Å². The molecule has 1 amide bonds. The van der Waals surface area contributed by atoms with E-state index < -0.39 is 11.0 Å². The zero-order valence-corrected chi connectivity index (χ0v) is 18.9. The number of nitrogens with zero attached hydrogens (tertiary/aromatic N) is 3. The van der Waals surface area contributed by atoms with Gasteiger partial charge in [0.2, 0.25) is 5.91 Å². The Kier molecular flexibility index (Phi) is 5.16. The third kappa shape index (κ3) is 3.58. The van der Waals surface area contributed by atoms with Gasteiger partial charge < -0.3 is 4.90 Å². The van der Waals surface area contributed by atoms with Gasteiger partial charge in [-0.15, -0.1) is 0 Å². The van der Waals surface area contributed by atoms with E-state index in [4.69, 9.17) is 5.14 Å². The molecule has 0 aliphatic carbocycles. The Hall–Kier alpha value is -2.55. The van der Waals surface area contributed by atoms with Crippen LogP contribution in [-0.2, 0) is 15.8 Å². The van der Waals surface area contributed by atoms with Crippen molar-refractivity contribution >= 4 is 39.0 Å². The number of thiazole rings is 1. The van der Waals surface area contributed by atoms with E-state index in [0.29, 0.717) is 34.7 Å². The molecular formula is C23H24N4O2S2. The first kappa shape index (κ1) is 20.4. The van der Waals surface area contributed by atoms with Crippen molar-refractivity contribution in [3.8, 4) is 11.1 Å². The molecule has 8 heteroatoms. The van der Waals surface area contributed by atoms with Crippen molar-refractivity contribution in [1.29, 1.82) is 0 Å². The summed E-state index contributed by atoms with van der Waals surface area (Å²) in [5.74, 6) is 0.124. The Morgan fingerprint density at radius 2 is 1.74 bits per heavy atom. The summed E-state index contributed by atoms with van der Waals surface area (Å²) >= 11 is 1.27. The highest BCUT2D eigenvalue weighted by atomic mass is 32.2. The van der Waals surface area contributed by atoms with Crippen LogP contribution in [0.25, 0.3) is 11.1 Å². The van der Waals surface area contributed by atoms with Crippen LogP contribution in [0.5, 0.6) is 0 Å². The van der Waals surface area contributed by atoms with E-state index in [-0.39, 0.29) is 11.3 Å². The average Bonchev–Trinajstić information content (AvgIpc) is 3.15. The maximum absolute atomic E-state index is 13.4. The molecule has 2 aromatic carbocycles. The molecule has 1 atom stereocenters. The molecule has 3 aromatic rings. The summed E-state index contributed by atoms with van der Waals surface area (Å²) in [5.41, 5.74) is 3.80. The molecule has 2 aliphatic heterocycles. The van der Waals surface area contributed by atoms with E-state index in [1.807, 2.05) is 18.2 Å². The maximum Gasteiger partial charge on any atom is 0.238 e. The number of hydrogen-bond acceptors (Lipinski definition) is 5. The average molecular weight is 453 g/mol. The molecule has 0 saturated carbocycles. The Morgan fingerprint density at radius 1 is 1.06 bits per heavy atom. The quantitative estimate of drug-likeness (QED) is 0.654. The highest BCUT2D eigenvalue weighted by molar-refractivity contribution is 7.85. The fraction of sp³-hybridized carbons (Fsp3) is 0.304. The van der Waals surface area contributed by atoms with Crippen LogP contribution in [0.3, 0.4) is 0 Å². The van der Waals surface area contributed by atoms with Gasteiger partial charge in [0.25, 0.3) is 0 Å². The topological polar surface area (TPSA) is 79.5 Å². The molecule has 1 spiro atoms. The van der Waals surface area contributed by atoms with E-state index >= 15 is 0 Å². The van der Waals surface area contributed by atoms with Crippen LogP contribution in [0.15, 0.2) is 58.8 Å². The first-order valence-electron chi connectivity index (χ1n) is 10.3. The zero-order chi connectivity index (χ0) is 21.6. The van der Waals surface area contributed by atoms with Gasteiger partial charge in [-0.2, -0.15) is 0 Å². The molecule has 3 heterocycles. The van der Waals surface area contributed by atoms with E-state index in [9.17, 15) is 9.00 Å². The number of hydrogen-bond donors (Lipinski definition) is 1. The molecule has 2 fully saturated rings. The maximum atomic E-state index is 13.4. The van der Waals surface area contributed by atoms with Gasteiger partial charge in [0, 0.05) is 25.3 Å². The summed E-state index contributed by atoms with van der Waals surface area (Å²) in [6, 6.07) is 18.9. The van der Waals surface area contributed by atoms with Gasteiger partial charge >= 0.3 is 0 Å². The molecule has 1 aromatic heterocycles. The van der Waals surface area contributed by atoms with Crippen molar-refractivity contribution < 1.29 is 9.00 Å². The second-order valence-electron chi connectivity index (χ2n) is 8.28. The number of nitrogens with two attached hydrogens (primary N) is 1. The number of aromatic nitrogens is 1. The largest absolute Gasteiger partial charge is 0.369 e. The molecule has 0 bridgehead atoms. The molecule has 1 unspecified atom stereocenters. The SMILES string of the molecule is Cc1nc(N2CCCC3(CN(c4ccc(-c5ccccc5)cc4)C3)C2=O)sc1S(N)=O. The lowest BCUT2D eigenvalue weighted by Gasteiger charge is -2.53. The predicted octanol–water partition coefficient (Wildman–Crippen LogP) is 3.73. The minimum absolute atomic E-state index is 0.124. The molecule has 2 aliphatic rings. The first-order chi connectivity index (χ1) is 15.0. The highest BCUT2D eigenvalue weighted by Gasteiger charge is 2.53. The summed E-state index contributed by atoms with van der Waals surface area (Å²) in [6.45, 7) is 3.87.